The van der Waals surface area contributed by atoms with Crippen molar-refractivity contribution >= 4 is 33.6 Å². The van der Waals surface area contributed by atoms with E-state index in [9.17, 15) is 4.79 Å². The lowest BCUT2D eigenvalue weighted by atomic mass is 9.98. The van der Waals surface area contributed by atoms with Crippen LogP contribution in [0.15, 0.2) is 71.3 Å². The zero-order chi connectivity index (χ0) is 19.7. The molecule has 0 radical (unpaired) electrons. The van der Waals surface area contributed by atoms with Crippen molar-refractivity contribution in [2.24, 2.45) is 0 Å². The Morgan fingerprint density at radius 1 is 0.964 bits per heavy atom. The van der Waals surface area contributed by atoms with Crippen LogP contribution in [-0.4, -0.2) is 31.9 Å². The van der Waals surface area contributed by atoms with E-state index in [4.69, 9.17) is 9.15 Å². The van der Waals surface area contributed by atoms with Gasteiger partial charge in [0, 0.05) is 42.0 Å². The molecule has 140 valence electrons. The first-order valence-corrected chi connectivity index (χ1v) is 9.06. The van der Waals surface area contributed by atoms with Gasteiger partial charge >= 0.3 is 0 Å². The number of rotatable bonds is 5. The van der Waals surface area contributed by atoms with Gasteiger partial charge in [-0.05, 0) is 12.1 Å². The van der Waals surface area contributed by atoms with Crippen LogP contribution in [0.5, 0.6) is 5.75 Å². The maximum atomic E-state index is 13.4. The third-order valence-electron chi connectivity index (χ3n) is 4.69. The Morgan fingerprint density at radius 3 is 2.32 bits per heavy atom. The standard InChI is InChI=1S/C24H21NO3/c1-25(2)14-13-20-22(23(26)16-9-5-4-6-10-16)19-15-21(27-3)17-11-7-8-12-18(17)24(19)28-20/h4-15H,1-3H3. The fourth-order valence-electron chi connectivity index (χ4n) is 3.38. The van der Waals surface area contributed by atoms with Crippen LogP contribution >= 0.6 is 0 Å². The number of hydrogen-bond donors (Lipinski definition) is 0. The van der Waals surface area contributed by atoms with E-state index in [1.54, 1.807) is 7.11 Å². The molecule has 28 heavy (non-hydrogen) atoms. The van der Waals surface area contributed by atoms with Gasteiger partial charge < -0.3 is 14.1 Å². The lowest BCUT2D eigenvalue weighted by Gasteiger charge is -2.07. The minimum absolute atomic E-state index is 0.0740. The third kappa shape index (κ3) is 3.03. The van der Waals surface area contributed by atoms with Crippen LogP contribution in [0.1, 0.15) is 21.7 Å². The second kappa shape index (κ2) is 7.24. The van der Waals surface area contributed by atoms with Gasteiger partial charge in [-0.15, -0.1) is 0 Å². The molecule has 4 aromatic rings. The zero-order valence-corrected chi connectivity index (χ0v) is 16.1. The molecule has 0 saturated carbocycles. The molecule has 0 N–H and O–H groups in total. The second-order valence-corrected chi connectivity index (χ2v) is 6.82. The van der Waals surface area contributed by atoms with E-state index >= 15 is 0 Å². The number of benzene rings is 3. The average Bonchev–Trinajstić information content (AvgIpc) is 3.10. The van der Waals surface area contributed by atoms with E-state index in [0.29, 0.717) is 28.2 Å². The highest BCUT2D eigenvalue weighted by molar-refractivity contribution is 6.21. The van der Waals surface area contributed by atoms with E-state index in [1.807, 2.05) is 91.9 Å². The SMILES string of the molecule is COc1cc2c(C(=O)c3ccccc3)c(C=CN(C)C)oc2c2ccccc12. The van der Waals surface area contributed by atoms with Gasteiger partial charge in [-0.25, -0.2) is 0 Å². The van der Waals surface area contributed by atoms with Gasteiger partial charge in [-0.3, -0.25) is 4.79 Å². The molecule has 0 unspecified atom stereocenters. The molecule has 0 saturated heterocycles. The lowest BCUT2D eigenvalue weighted by molar-refractivity contribution is 0.103. The molecule has 1 heterocycles. The van der Waals surface area contributed by atoms with Crippen LogP contribution < -0.4 is 4.74 Å². The molecule has 0 aliphatic rings. The molecule has 0 spiro atoms. The number of carbonyl (C=O) groups excluding carboxylic acids is 1. The van der Waals surface area contributed by atoms with E-state index in [-0.39, 0.29) is 5.78 Å². The van der Waals surface area contributed by atoms with Gasteiger partial charge in [0.25, 0.3) is 0 Å². The van der Waals surface area contributed by atoms with Crippen LogP contribution in [-0.2, 0) is 0 Å². The minimum atomic E-state index is -0.0740. The topological polar surface area (TPSA) is 42.7 Å². The molecule has 4 nitrogen and oxygen atoms in total. The zero-order valence-electron chi connectivity index (χ0n) is 16.1. The Balaban J connectivity index is 2.06. The number of nitrogens with zero attached hydrogens (tertiary/aromatic N) is 1. The molecule has 0 amide bonds. The quantitative estimate of drug-likeness (QED) is 0.443. The van der Waals surface area contributed by atoms with E-state index in [2.05, 4.69) is 0 Å². The first-order valence-electron chi connectivity index (χ1n) is 9.06. The molecule has 0 bridgehead atoms. The summed E-state index contributed by atoms with van der Waals surface area (Å²) in [6.07, 6.45) is 3.70. The number of methoxy groups -OCH3 is 1. The third-order valence-corrected chi connectivity index (χ3v) is 4.69. The number of hydrogen-bond acceptors (Lipinski definition) is 4. The monoisotopic (exact) mass is 371 g/mol. The van der Waals surface area contributed by atoms with Gasteiger partial charge in [0.1, 0.15) is 17.1 Å². The molecule has 3 aromatic carbocycles. The fourth-order valence-corrected chi connectivity index (χ4v) is 3.38. The molecular formula is C24H21NO3. The molecule has 0 fully saturated rings. The van der Waals surface area contributed by atoms with Crippen molar-refractivity contribution in [3.8, 4) is 5.75 Å². The summed E-state index contributed by atoms with van der Waals surface area (Å²) in [5, 5.41) is 2.62. The van der Waals surface area contributed by atoms with Gasteiger partial charge in [-0.2, -0.15) is 0 Å². The summed E-state index contributed by atoms with van der Waals surface area (Å²) in [6, 6.07) is 19.0. The summed E-state index contributed by atoms with van der Waals surface area (Å²) < 4.78 is 11.8. The first kappa shape index (κ1) is 17.9. The summed E-state index contributed by atoms with van der Waals surface area (Å²) in [4.78, 5) is 15.3. The van der Waals surface area contributed by atoms with Crippen molar-refractivity contribution in [2.45, 2.75) is 0 Å². The number of ether oxygens (including phenoxy) is 1. The number of furan rings is 1. The Hall–Kier alpha value is -3.53. The highest BCUT2D eigenvalue weighted by Crippen LogP contribution is 2.39. The van der Waals surface area contributed by atoms with E-state index in [0.717, 1.165) is 16.2 Å². The average molecular weight is 371 g/mol. The van der Waals surface area contributed by atoms with Crippen LogP contribution in [0.25, 0.3) is 27.8 Å². The van der Waals surface area contributed by atoms with Gasteiger partial charge in [0.15, 0.2) is 5.78 Å². The van der Waals surface area contributed by atoms with Crippen molar-refractivity contribution in [3.63, 3.8) is 0 Å². The molecule has 1 aromatic heterocycles. The number of ketones is 1. The highest BCUT2D eigenvalue weighted by atomic mass is 16.5. The Morgan fingerprint density at radius 2 is 1.64 bits per heavy atom. The van der Waals surface area contributed by atoms with Gasteiger partial charge in [0.05, 0.1) is 12.7 Å². The molecule has 0 aliphatic heterocycles. The molecule has 0 aliphatic carbocycles. The first-order chi connectivity index (χ1) is 13.6. The number of fused-ring (bicyclic) bond motifs is 3. The highest BCUT2D eigenvalue weighted by Gasteiger charge is 2.23. The Labute approximate surface area is 163 Å². The smallest absolute Gasteiger partial charge is 0.197 e. The van der Waals surface area contributed by atoms with Crippen molar-refractivity contribution in [2.75, 3.05) is 21.2 Å². The predicted octanol–water partition coefficient (Wildman–Crippen LogP) is 5.36. The second-order valence-electron chi connectivity index (χ2n) is 6.82. The maximum Gasteiger partial charge on any atom is 0.197 e. The van der Waals surface area contributed by atoms with Crippen LogP contribution in [0.3, 0.4) is 0 Å². The summed E-state index contributed by atoms with van der Waals surface area (Å²) in [5.74, 6) is 1.18. The van der Waals surface area contributed by atoms with Crippen LogP contribution in [0.4, 0.5) is 0 Å². The molecule has 0 atom stereocenters. The van der Waals surface area contributed by atoms with E-state index < -0.39 is 0 Å². The van der Waals surface area contributed by atoms with Crippen molar-refractivity contribution in [1.82, 2.24) is 4.90 Å². The van der Waals surface area contributed by atoms with Crippen molar-refractivity contribution < 1.29 is 13.9 Å². The predicted molar refractivity (Wildman–Crippen MR) is 113 cm³/mol. The largest absolute Gasteiger partial charge is 0.496 e. The maximum absolute atomic E-state index is 13.4. The lowest BCUT2D eigenvalue weighted by Crippen LogP contribution is -2.03. The fraction of sp³-hybridized carbons (Fsp3) is 0.125. The minimum Gasteiger partial charge on any atom is -0.496 e. The summed E-state index contributed by atoms with van der Waals surface area (Å²) >= 11 is 0. The normalized spacial score (nSPS) is 11.4. The summed E-state index contributed by atoms with van der Waals surface area (Å²) in [6.45, 7) is 0. The van der Waals surface area contributed by atoms with Crippen molar-refractivity contribution in [3.05, 3.63) is 83.8 Å². The van der Waals surface area contributed by atoms with Crippen LogP contribution in [0.2, 0.25) is 0 Å². The number of carbonyl (C=O) groups is 1. The molecular weight excluding hydrogens is 350 g/mol. The van der Waals surface area contributed by atoms with Gasteiger partial charge in [0.2, 0.25) is 0 Å². The van der Waals surface area contributed by atoms with Gasteiger partial charge in [-0.1, -0.05) is 54.6 Å². The molecule has 4 rings (SSSR count). The molecule has 4 heteroatoms. The van der Waals surface area contributed by atoms with Crippen LogP contribution in [0, 0.1) is 0 Å². The summed E-state index contributed by atoms with van der Waals surface area (Å²) in [7, 11) is 5.49. The Bertz CT molecular complexity index is 1190. The van der Waals surface area contributed by atoms with E-state index in [1.165, 1.54) is 0 Å². The summed E-state index contributed by atoms with van der Waals surface area (Å²) in [5.41, 5.74) is 1.86. The Kier molecular flexibility index (Phi) is 4.62. The van der Waals surface area contributed by atoms with Crippen molar-refractivity contribution in [1.29, 1.82) is 0 Å².